The Labute approximate surface area is 95.5 Å². The SMILES string of the molecule is NCc1ccc(-c2cc(Cl)cnc2F)s1. The summed E-state index contributed by atoms with van der Waals surface area (Å²) in [5.74, 6) is -0.509. The molecule has 2 aromatic heterocycles. The van der Waals surface area contributed by atoms with E-state index in [-0.39, 0.29) is 0 Å². The predicted molar refractivity (Wildman–Crippen MR) is 60.4 cm³/mol. The molecule has 0 radical (unpaired) electrons. The highest BCUT2D eigenvalue weighted by molar-refractivity contribution is 7.15. The number of rotatable bonds is 2. The highest BCUT2D eigenvalue weighted by atomic mass is 35.5. The first kappa shape index (κ1) is 10.5. The van der Waals surface area contributed by atoms with Crippen LogP contribution < -0.4 is 5.73 Å². The van der Waals surface area contributed by atoms with E-state index < -0.39 is 5.95 Å². The molecule has 0 aliphatic heterocycles. The molecule has 0 unspecified atom stereocenters. The Hall–Kier alpha value is -0.970. The van der Waals surface area contributed by atoms with Crippen LogP contribution >= 0.6 is 22.9 Å². The molecule has 0 aliphatic carbocycles. The van der Waals surface area contributed by atoms with E-state index in [0.29, 0.717) is 17.1 Å². The van der Waals surface area contributed by atoms with Gasteiger partial charge >= 0.3 is 0 Å². The average Bonchev–Trinajstić information content (AvgIpc) is 2.70. The van der Waals surface area contributed by atoms with Gasteiger partial charge in [-0.1, -0.05) is 11.6 Å². The fourth-order valence-electron chi connectivity index (χ4n) is 1.23. The first-order chi connectivity index (χ1) is 7.20. The zero-order valence-electron chi connectivity index (χ0n) is 7.71. The Morgan fingerprint density at radius 3 is 2.93 bits per heavy atom. The first-order valence-electron chi connectivity index (χ1n) is 4.31. The molecule has 0 bridgehead atoms. The molecule has 0 aliphatic rings. The largest absolute Gasteiger partial charge is 0.326 e. The van der Waals surface area contributed by atoms with E-state index in [4.69, 9.17) is 17.3 Å². The monoisotopic (exact) mass is 242 g/mol. The van der Waals surface area contributed by atoms with Gasteiger partial charge in [0.05, 0.1) is 5.02 Å². The van der Waals surface area contributed by atoms with Gasteiger partial charge < -0.3 is 5.73 Å². The van der Waals surface area contributed by atoms with Crippen LogP contribution in [0.4, 0.5) is 4.39 Å². The Kier molecular flexibility index (Phi) is 3.00. The van der Waals surface area contributed by atoms with Crippen LogP contribution in [0.15, 0.2) is 24.4 Å². The van der Waals surface area contributed by atoms with Gasteiger partial charge in [0.1, 0.15) is 0 Å². The van der Waals surface area contributed by atoms with Crippen molar-refractivity contribution in [1.82, 2.24) is 4.98 Å². The molecule has 0 atom stereocenters. The molecular formula is C10H8ClFN2S. The summed E-state index contributed by atoms with van der Waals surface area (Å²) in [6, 6.07) is 5.26. The number of nitrogens with two attached hydrogens (primary N) is 1. The van der Waals surface area contributed by atoms with Crippen molar-refractivity contribution in [2.75, 3.05) is 0 Å². The number of pyridine rings is 1. The number of halogens is 2. The standard InChI is InChI=1S/C10H8ClFN2S/c11-6-3-8(10(12)14-5-6)9-2-1-7(4-13)15-9/h1-3,5H,4,13H2. The highest BCUT2D eigenvalue weighted by Crippen LogP contribution is 2.30. The predicted octanol–water partition coefficient (Wildman–Crippen LogP) is 3.06. The molecule has 0 spiro atoms. The fourth-order valence-corrected chi connectivity index (χ4v) is 2.28. The Balaban J connectivity index is 2.48. The van der Waals surface area contributed by atoms with Gasteiger partial charge in [-0.05, 0) is 18.2 Å². The second kappa shape index (κ2) is 4.26. The van der Waals surface area contributed by atoms with Crippen molar-refractivity contribution >= 4 is 22.9 Å². The lowest BCUT2D eigenvalue weighted by molar-refractivity contribution is 0.588. The molecule has 78 valence electrons. The molecule has 15 heavy (non-hydrogen) atoms. The van der Waals surface area contributed by atoms with E-state index in [1.165, 1.54) is 17.5 Å². The third-order valence-corrected chi connectivity index (χ3v) is 3.28. The first-order valence-corrected chi connectivity index (χ1v) is 5.50. The summed E-state index contributed by atoms with van der Waals surface area (Å²) in [4.78, 5) is 5.37. The molecular weight excluding hydrogens is 235 g/mol. The normalized spacial score (nSPS) is 10.6. The average molecular weight is 243 g/mol. The minimum Gasteiger partial charge on any atom is -0.326 e. The Bertz CT molecular complexity index is 484. The van der Waals surface area contributed by atoms with Gasteiger partial charge in [0.15, 0.2) is 0 Å². The summed E-state index contributed by atoms with van der Waals surface area (Å²) in [6.45, 7) is 0.459. The van der Waals surface area contributed by atoms with Crippen LogP contribution in [-0.4, -0.2) is 4.98 Å². The van der Waals surface area contributed by atoms with Crippen LogP contribution in [-0.2, 0) is 6.54 Å². The lowest BCUT2D eigenvalue weighted by Crippen LogP contribution is -1.91. The molecule has 0 aromatic carbocycles. The number of hydrogen-bond acceptors (Lipinski definition) is 3. The van der Waals surface area contributed by atoms with Crippen LogP contribution in [0, 0.1) is 5.95 Å². The number of nitrogens with zero attached hydrogens (tertiary/aromatic N) is 1. The summed E-state index contributed by atoms with van der Waals surface area (Å²) in [7, 11) is 0. The second-order valence-corrected chi connectivity index (χ2v) is 4.57. The Morgan fingerprint density at radius 2 is 2.27 bits per heavy atom. The van der Waals surface area contributed by atoms with Crippen LogP contribution in [0.2, 0.25) is 5.02 Å². The van der Waals surface area contributed by atoms with E-state index in [0.717, 1.165) is 9.75 Å². The summed E-state index contributed by atoms with van der Waals surface area (Å²) >= 11 is 7.20. The third kappa shape index (κ3) is 2.17. The third-order valence-electron chi connectivity index (χ3n) is 1.93. The highest BCUT2D eigenvalue weighted by Gasteiger charge is 2.09. The van der Waals surface area contributed by atoms with Gasteiger partial charge in [-0.3, -0.25) is 0 Å². The molecule has 2 N–H and O–H groups in total. The number of aromatic nitrogens is 1. The van der Waals surface area contributed by atoms with Gasteiger partial charge in [0, 0.05) is 28.1 Å². The van der Waals surface area contributed by atoms with E-state index in [9.17, 15) is 4.39 Å². The van der Waals surface area contributed by atoms with Crippen molar-refractivity contribution in [2.45, 2.75) is 6.54 Å². The molecule has 2 heterocycles. The van der Waals surface area contributed by atoms with Crippen molar-refractivity contribution in [1.29, 1.82) is 0 Å². The molecule has 2 rings (SSSR count). The van der Waals surface area contributed by atoms with Gasteiger partial charge in [0.25, 0.3) is 0 Å². The van der Waals surface area contributed by atoms with Crippen LogP contribution in [0.3, 0.4) is 0 Å². The lowest BCUT2D eigenvalue weighted by atomic mass is 10.2. The van der Waals surface area contributed by atoms with Crippen molar-refractivity contribution in [3.63, 3.8) is 0 Å². The minimum atomic E-state index is -0.509. The zero-order valence-corrected chi connectivity index (χ0v) is 9.28. The molecule has 2 aromatic rings. The van der Waals surface area contributed by atoms with Gasteiger partial charge in [-0.15, -0.1) is 11.3 Å². The van der Waals surface area contributed by atoms with Crippen LogP contribution in [0.25, 0.3) is 10.4 Å². The smallest absolute Gasteiger partial charge is 0.221 e. The maximum Gasteiger partial charge on any atom is 0.221 e. The molecule has 2 nitrogen and oxygen atoms in total. The van der Waals surface area contributed by atoms with E-state index in [1.54, 1.807) is 6.07 Å². The maximum absolute atomic E-state index is 13.4. The fraction of sp³-hybridized carbons (Fsp3) is 0.100. The lowest BCUT2D eigenvalue weighted by Gasteiger charge is -1.99. The molecule has 0 fully saturated rings. The number of hydrogen-bond donors (Lipinski definition) is 1. The topological polar surface area (TPSA) is 38.9 Å². The summed E-state index contributed by atoms with van der Waals surface area (Å²) in [5, 5.41) is 0.425. The molecule has 0 amide bonds. The minimum absolute atomic E-state index is 0.423. The van der Waals surface area contributed by atoms with Crippen molar-refractivity contribution in [3.8, 4) is 10.4 Å². The van der Waals surface area contributed by atoms with E-state index in [1.807, 2.05) is 12.1 Å². The van der Waals surface area contributed by atoms with Gasteiger partial charge in [0.2, 0.25) is 5.95 Å². The van der Waals surface area contributed by atoms with Crippen LogP contribution in [0.1, 0.15) is 4.88 Å². The van der Waals surface area contributed by atoms with E-state index in [2.05, 4.69) is 4.98 Å². The quantitative estimate of drug-likeness (QED) is 0.822. The summed E-state index contributed by atoms with van der Waals surface area (Å²) < 4.78 is 13.4. The Morgan fingerprint density at radius 1 is 1.47 bits per heavy atom. The van der Waals surface area contributed by atoms with Gasteiger partial charge in [-0.25, -0.2) is 4.98 Å². The van der Waals surface area contributed by atoms with Gasteiger partial charge in [-0.2, -0.15) is 4.39 Å². The van der Waals surface area contributed by atoms with Crippen molar-refractivity contribution in [3.05, 3.63) is 40.2 Å². The van der Waals surface area contributed by atoms with E-state index >= 15 is 0 Å². The van der Waals surface area contributed by atoms with Crippen molar-refractivity contribution in [2.24, 2.45) is 5.73 Å². The van der Waals surface area contributed by atoms with Crippen molar-refractivity contribution < 1.29 is 4.39 Å². The molecule has 0 saturated heterocycles. The zero-order chi connectivity index (χ0) is 10.8. The summed E-state index contributed by atoms with van der Waals surface area (Å²) in [5.41, 5.74) is 5.91. The maximum atomic E-state index is 13.4. The molecule has 5 heteroatoms. The summed E-state index contributed by atoms with van der Waals surface area (Å²) in [6.07, 6.45) is 1.29. The second-order valence-electron chi connectivity index (χ2n) is 2.96. The number of thiophene rings is 1. The van der Waals surface area contributed by atoms with Crippen LogP contribution in [0.5, 0.6) is 0 Å². The molecule has 0 saturated carbocycles.